The largest absolute Gasteiger partial charge is 0.481 e. The molecule has 0 aromatic rings. The van der Waals surface area contributed by atoms with Gasteiger partial charge in [-0.25, -0.2) is 0 Å². The Morgan fingerprint density at radius 3 is 2.93 bits per heavy atom. The first-order valence-corrected chi connectivity index (χ1v) is 6.11. The van der Waals surface area contributed by atoms with E-state index in [4.69, 9.17) is 5.11 Å². The van der Waals surface area contributed by atoms with Crippen molar-refractivity contribution in [1.82, 2.24) is 4.90 Å². The van der Waals surface area contributed by atoms with Gasteiger partial charge in [-0.2, -0.15) is 0 Å². The van der Waals surface area contributed by atoms with Gasteiger partial charge in [0.05, 0.1) is 6.42 Å². The average molecular weight is 213 g/mol. The molecule has 0 unspecified atom stereocenters. The fourth-order valence-corrected chi connectivity index (χ4v) is 2.66. The second-order valence-corrected chi connectivity index (χ2v) is 4.66. The second kappa shape index (κ2) is 6.11. The number of aliphatic carboxylic acids is 1. The molecule has 0 aliphatic carbocycles. The fraction of sp³-hybridized carbons (Fsp3) is 0.917. The molecular formula is C12H23NO2. The Morgan fingerprint density at radius 1 is 1.60 bits per heavy atom. The van der Waals surface area contributed by atoms with Gasteiger partial charge in [0.1, 0.15) is 0 Å². The van der Waals surface area contributed by atoms with Gasteiger partial charge in [0.15, 0.2) is 0 Å². The molecule has 0 bridgehead atoms. The molecule has 0 saturated carbocycles. The number of carbonyl (C=O) groups is 1. The van der Waals surface area contributed by atoms with E-state index in [9.17, 15) is 4.79 Å². The van der Waals surface area contributed by atoms with Crippen molar-refractivity contribution < 1.29 is 9.90 Å². The number of likely N-dealkylation sites (tertiary alicyclic amines) is 1. The number of carboxylic acids is 1. The summed E-state index contributed by atoms with van der Waals surface area (Å²) in [5, 5.41) is 8.68. The Hall–Kier alpha value is -0.570. The van der Waals surface area contributed by atoms with Gasteiger partial charge in [0.2, 0.25) is 0 Å². The van der Waals surface area contributed by atoms with Gasteiger partial charge in [-0.1, -0.05) is 20.3 Å². The topological polar surface area (TPSA) is 40.5 Å². The molecule has 2 atom stereocenters. The lowest BCUT2D eigenvalue weighted by molar-refractivity contribution is -0.137. The first kappa shape index (κ1) is 12.5. The lowest BCUT2D eigenvalue weighted by atomic mass is 9.95. The number of rotatable bonds is 6. The molecule has 1 heterocycles. The third kappa shape index (κ3) is 3.82. The van der Waals surface area contributed by atoms with Gasteiger partial charge in [0.25, 0.3) is 0 Å². The summed E-state index contributed by atoms with van der Waals surface area (Å²) < 4.78 is 0. The zero-order chi connectivity index (χ0) is 11.3. The molecule has 1 fully saturated rings. The zero-order valence-electron chi connectivity index (χ0n) is 9.91. The summed E-state index contributed by atoms with van der Waals surface area (Å²) in [5.74, 6) is 0.0371. The highest BCUT2D eigenvalue weighted by atomic mass is 16.4. The molecule has 1 rings (SSSR count). The standard InChI is InChI=1S/C12H23NO2/c1-3-5-10(2)11-6-4-8-13(11)9-7-12(14)15/h10-11H,3-9H2,1-2H3,(H,14,15)/t10-,11+/m0/s1. The summed E-state index contributed by atoms with van der Waals surface area (Å²) in [4.78, 5) is 12.9. The third-order valence-corrected chi connectivity index (χ3v) is 3.43. The Labute approximate surface area is 92.5 Å². The van der Waals surface area contributed by atoms with E-state index < -0.39 is 5.97 Å². The van der Waals surface area contributed by atoms with E-state index in [-0.39, 0.29) is 6.42 Å². The lowest BCUT2D eigenvalue weighted by Crippen LogP contribution is -2.35. The van der Waals surface area contributed by atoms with Crippen molar-refractivity contribution in [2.45, 2.75) is 52.0 Å². The smallest absolute Gasteiger partial charge is 0.304 e. The van der Waals surface area contributed by atoms with Crippen molar-refractivity contribution in [2.75, 3.05) is 13.1 Å². The second-order valence-electron chi connectivity index (χ2n) is 4.66. The minimum atomic E-state index is -0.677. The minimum absolute atomic E-state index is 0.287. The van der Waals surface area contributed by atoms with Crippen molar-refractivity contribution >= 4 is 5.97 Å². The van der Waals surface area contributed by atoms with Crippen molar-refractivity contribution in [1.29, 1.82) is 0 Å². The molecule has 1 aliphatic heterocycles. The summed E-state index contributed by atoms with van der Waals surface area (Å²) in [7, 11) is 0. The SMILES string of the molecule is CCC[C@H](C)[C@H]1CCCN1CCC(=O)O. The molecule has 1 N–H and O–H groups in total. The third-order valence-electron chi connectivity index (χ3n) is 3.43. The molecule has 0 aromatic carbocycles. The Balaban J connectivity index is 2.38. The van der Waals surface area contributed by atoms with Crippen LogP contribution in [0.3, 0.4) is 0 Å². The molecule has 1 aliphatic rings. The molecular weight excluding hydrogens is 190 g/mol. The quantitative estimate of drug-likeness (QED) is 0.736. The van der Waals surface area contributed by atoms with Crippen LogP contribution in [0.15, 0.2) is 0 Å². The first-order chi connectivity index (χ1) is 7.15. The fourth-order valence-electron chi connectivity index (χ4n) is 2.66. The molecule has 0 amide bonds. The normalized spacial score (nSPS) is 24.3. The number of hydrogen-bond donors (Lipinski definition) is 1. The highest BCUT2D eigenvalue weighted by molar-refractivity contribution is 5.66. The highest BCUT2D eigenvalue weighted by Crippen LogP contribution is 2.26. The molecule has 15 heavy (non-hydrogen) atoms. The number of carboxylic acid groups (broad SMARTS) is 1. The van der Waals surface area contributed by atoms with Crippen LogP contribution in [-0.4, -0.2) is 35.1 Å². The summed E-state index contributed by atoms with van der Waals surface area (Å²) in [6, 6.07) is 0.629. The van der Waals surface area contributed by atoms with Gasteiger partial charge in [-0.3, -0.25) is 9.69 Å². The predicted octanol–water partition coefficient (Wildman–Crippen LogP) is 2.36. The summed E-state index contributed by atoms with van der Waals surface area (Å²) >= 11 is 0. The summed E-state index contributed by atoms with van der Waals surface area (Å²) in [6.07, 6.45) is 5.26. The Morgan fingerprint density at radius 2 is 2.33 bits per heavy atom. The molecule has 0 spiro atoms. The van der Waals surface area contributed by atoms with E-state index in [1.807, 2.05) is 0 Å². The average Bonchev–Trinajstić information content (AvgIpc) is 2.62. The Bertz CT molecular complexity index is 206. The molecule has 88 valence electrons. The van der Waals surface area contributed by atoms with Crippen LogP contribution in [-0.2, 0) is 4.79 Å². The number of nitrogens with zero attached hydrogens (tertiary/aromatic N) is 1. The molecule has 3 nitrogen and oxygen atoms in total. The Kier molecular flexibility index (Phi) is 5.09. The van der Waals surface area contributed by atoms with Crippen molar-refractivity contribution in [2.24, 2.45) is 5.92 Å². The van der Waals surface area contributed by atoms with Gasteiger partial charge in [-0.15, -0.1) is 0 Å². The monoisotopic (exact) mass is 213 g/mol. The highest BCUT2D eigenvalue weighted by Gasteiger charge is 2.28. The molecule has 0 aromatic heterocycles. The summed E-state index contributed by atoms with van der Waals surface area (Å²) in [6.45, 7) is 6.33. The van der Waals surface area contributed by atoms with Crippen molar-refractivity contribution in [3.05, 3.63) is 0 Å². The van der Waals surface area contributed by atoms with E-state index in [2.05, 4.69) is 18.7 Å². The van der Waals surface area contributed by atoms with Gasteiger partial charge < -0.3 is 5.11 Å². The maximum atomic E-state index is 10.5. The van der Waals surface area contributed by atoms with Crippen LogP contribution in [0.1, 0.15) is 46.0 Å². The maximum absolute atomic E-state index is 10.5. The summed E-state index contributed by atoms with van der Waals surface area (Å²) in [5.41, 5.74) is 0. The van der Waals surface area contributed by atoms with E-state index in [0.717, 1.165) is 13.1 Å². The predicted molar refractivity (Wildman–Crippen MR) is 60.9 cm³/mol. The lowest BCUT2D eigenvalue weighted by Gasteiger charge is -2.28. The van der Waals surface area contributed by atoms with Crippen LogP contribution in [0, 0.1) is 5.92 Å². The van der Waals surface area contributed by atoms with Crippen LogP contribution >= 0.6 is 0 Å². The van der Waals surface area contributed by atoms with Crippen molar-refractivity contribution in [3.8, 4) is 0 Å². The van der Waals surface area contributed by atoms with E-state index in [1.165, 1.54) is 25.7 Å². The van der Waals surface area contributed by atoms with Gasteiger partial charge in [-0.05, 0) is 31.7 Å². The van der Waals surface area contributed by atoms with E-state index >= 15 is 0 Å². The van der Waals surface area contributed by atoms with Crippen LogP contribution in [0.2, 0.25) is 0 Å². The van der Waals surface area contributed by atoms with Crippen LogP contribution in [0.4, 0.5) is 0 Å². The molecule has 0 radical (unpaired) electrons. The van der Waals surface area contributed by atoms with Gasteiger partial charge in [0, 0.05) is 12.6 Å². The maximum Gasteiger partial charge on any atom is 0.304 e. The number of hydrogen-bond acceptors (Lipinski definition) is 2. The molecule has 1 saturated heterocycles. The van der Waals surface area contributed by atoms with Gasteiger partial charge >= 0.3 is 5.97 Å². The first-order valence-electron chi connectivity index (χ1n) is 6.11. The van der Waals surface area contributed by atoms with Crippen LogP contribution in [0.25, 0.3) is 0 Å². The van der Waals surface area contributed by atoms with Crippen LogP contribution < -0.4 is 0 Å². The van der Waals surface area contributed by atoms with Crippen molar-refractivity contribution in [3.63, 3.8) is 0 Å². The minimum Gasteiger partial charge on any atom is -0.481 e. The van der Waals surface area contributed by atoms with E-state index in [1.54, 1.807) is 0 Å². The van der Waals surface area contributed by atoms with E-state index in [0.29, 0.717) is 12.0 Å². The zero-order valence-corrected chi connectivity index (χ0v) is 9.91. The molecule has 3 heteroatoms. The van der Waals surface area contributed by atoms with Crippen LogP contribution in [0.5, 0.6) is 0 Å².